The van der Waals surface area contributed by atoms with Crippen molar-refractivity contribution in [1.29, 1.82) is 0 Å². The van der Waals surface area contributed by atoms with Gasteiger partial charge in [-0.15, -0.1) is 0 Å². The summed E-state index contributed by atoms with van der Waals surface area (Å²) in [6.07, 6.45) is 12.7. The predicted octanol–water partition coefficient (Wildman–Crippen LogP) is 6.34. The average molecular weight is 1020 g/mol. The maximum absolute atomic E-state index is 14.3. The van der Waals surface area contributed by atoms with Crippen molar-refractivity contribution in [1.82, 2.24) is 43.8 Å². The molecule has 0 aliphatic heterocycles. The molecule has 0 aliphatic rings. The first kappa shape index (κ1) is 54.5. The van der Waals surface area contributed by atoms with Gasteiger partial charge in [0.1, 0.15) is 11.6 Å². The van der Waals surface area contributed by atoms with Crippen LogP contribution in [-0.2, 0) is 34.1 Å². The molecule has 7 aromatic rings. The number of sulfonamides is 2. The third kappa shape index (κ3) is 13.9. The summed E-state index contributed by atoms with van der Waals surface area (Å²) in [7, 11) is -1.06. The highest BCUT2D eigenvalue weighted by molar-refractivity contribution is 7.90. The molecule has 0 saturated carbocycles. The average Bonchev–Trinajstić information content (AvgIpc) is 4.13. The highest BCUT2D eigenvalue weighted by atomic mass is 32.2. The zero-order chi connectivity index (χ0) is 52.7. The van der Waals surface area contributed by atoms with E-state index in [1.165, 1.54) is 76.7 Å². The Morgan fingerprint density at radius 3 is 1.69 bits per heavy atom. The monoisotopic (exact) mass is 1020 g/mol. The number of nitrogens with one attached hydrogen (secondary N) is 2. The van der Waals surface area contributed by atoms with Gasteiger partial charge in [0.25, 0.3) is 16.0 Å². The normalized spacial score (nSPS) is 11.9. The van der Waals surface area contributed by atoms with E-state index in [-0.39, 0.29) is 39.8 Å². The maximum atomic E-state index is 14.3. The minimum Gasteiger partial charge on any atom is -0.806 e. The number of urea groups is 1. The third-order valence-electron chi connectivity index (χ3n) is 10.6. The standard InChI is InChI=1S/C20H25FN6O3S.C14H19N5O3S.C13H16FN3/c1-12(2)16-8-15(21)9-17(14-10-22-26(5)11-14)19(16)23-20(28)25-31(29,30)18-6-7-27(24-18)13(3)4;1-11(2)19-10-7-13(15-19)23(21,22)16-14(20)18-8-5-12(6-9-18)17(3)4;1-8(2)11-4-10(14)5-12(13(11)15)9-6-16-17(3)7-9/h6-13H,1-5H3,(H2,23,25,28);5-11H,1-4H3;4-8H,15H2,1-3H3. The number of nitrogens with zero attached hydrogens (tertiary/aromatic N) is 11. The molecular weight excluding hydrogens is 959 g/mol. The first-order chi connectivity index (χ1) is 33.2. The summed E-state index contributed by atoms with van der Waals surface area (Å²) in [6, 6.07) is 9.68. The van der Waals surface area contributed by atoms with Gasteiger partial charge in [-0.2, -0.15) is 37.2 Å². The molecule has 0 unspecified atom stereocenters. The molecule has 0 aliphatic carbocycles. The van der Waals surface area contributed by atoms with Crippen LogP contribution in [0.4, 0.5) is 30.6 Å². The van der Waals surface area contributed by atoms with Crippen LogP contribution in [0.5, 0.6) is 0 Å². The maximum Gasteiger partial charge on any atom is 0.388 e. The summed E-state index contributed by atoms with van der Waals surface area (Å²) >= 11 is 0. The van der Waals surface area contributed by atoms with Gasteiger partial charge in [0.2, 0.25) is 5.03 Å². The summed E-state index contributed by atoms with van der Waals surface area (Å²) in [5, 5.41) is 30.2. The quantitative estimate of drug-likeness (QED) is 0.0525. The Kier molecular flexibility index (Phi) is 17.3. The van der Waals surface area contributed by atoms with Crippen molar-refractivity contribution in [3.05, 3.63) is 121 Å². The zero-order valence-electron chi connectivity index (χ0n) is 41.6. The lowest BCUT2D eigenvalue weighted by atomic mass is 9.95. The van der Waals surface area contributed by atoms with E-state index in [9.17, 15) is 35.5 Å². The molecule has 5 heterocycles. The number of hydrogen-bond acceptors (Lipinski definition) is 12. The topological polar surface area (TPSA) is 249 Å². The second-order valence-electron chi connectivity index (χ2n) is 17.7. The van der Waals surface area contributed by atoms with Gasteiger partial charge >= 0.3 is 16.1 Å². The van der Waals surface area contributed by atoms with Crippen molar-refractivity contribution in [3.8, 4) is 22.3 Å². The van der Waals surface area contributed by atoms with Crippen molar-refractivity contribution in [2.75, 3.05) is 30.0 Å². The number of nitrogen functional groups attached to an aromatic ring is 1. The Morgan fingerprint density at radius 1 is 0.746 bits per heavy atom. The summed E-state index contributed by atoms with van der Waals surface area (Å²) < 4.78 is 89.9. The van der Waals surface area contributed by atoms with Crippen molar-refractivity contribution >= 4 is 49.2 Å². The first-order valence-electron chi connectivity index (χ1n) is 22.2. The molecule has 0 radical (unpaired) electrons. The summed E-state index contributed by atoms with van der Waals surface area (Å²) in [6.45, 7) is 15.1. The molecule has 24 heteroatoms. The number of rotatable bonds is 12. The molecule has 4 N–H and O–H groups in total. The van der Waals surface area contributed by atoms with Gasteiger partial charge in [-0.05, 0) is 87.1 Å². The molecule has 380 valence electrons. The number of carbonyl (C=O) groups excluding carboxylic acids is 1. The molecule has 0 fully saturated rings. The SMILES string of the molecule is CC(C)c1cc(F)cc(-c2cnn(C)c2)c1N.CC(C)c1cc(F)cc(-c2cnn(C)c2)c1NC(=O)NS(=O)(=O)c1ccn(C(C)C)n1.CC(C)n1ccc(S(=O)(=O)N=C([O-])[n+]2ccc(N(C)C)cc2)n1. The number of pyridine rings is 1. The van der Waals surface area contributed by atoms with Gasteiger partial charge in [0.15, 0.2) is 5.03 Å². The van der Waals surface area contributed by atoms with E-state index in [4.69, 9.17) is 5.73 Å². The Labute approximate surface area is 412 Å². The van der Waals surface area contributed by atoms with E-state index < -0.39 is 37.9 Å². The molecule has 0 spiro atoms. The van der Waals surface area contributed by atoms with Crippen LogP contribution in [-0.4, -0.2) is 82.1 Å². The molecule has 0 saturated heterocycles. The Bertz CT molecular complexity index is 3230. The van der Waals surface area contributed by atoms with E-state index in [1.807, 2.05) is 92.4 Å². The van der Waals surface area contributed by atoms with E-state index in [1.54, 1.807) is 40.9 Å². The Hall–Kier alpha value is -7.47. The minimum atomic E-state index is -4.19. The van der Waals surface area contributed by atoms with Crippen molar-refractivity contribution < 1.29 is 40.1 Å². The fourth-order valence-corrected chi connectivity index (χ4v) is 8.44. The van der Waals surface area contributed by atoms with Gasteiger partial charge in [-0.25, -0.2) is 22.9 Å². The summed E-state index contributed by atoms with van der Waals surface area (Å²) in [4.78, 5) is 14.5. The number of hydrogen-bond donors (Lipinski definition) is 3. The van der Waals surface area contributed by atoms with Crippen LogP contribution >= 0.6 is 0 Å². The van der Waals surface area contributed by atoms with Gasteiger partial charge in [0.05, 0.1) is 30.5 Å². The van der Waals surface area contributed by atoms with Crippen molar-refractivity contribution in [2.45, 2.75) is 89.4 Å². The third-order valence-corrected chi connectivity index (χ3v) is 12.9. The van der Waals surface area contributed by atoms with Gasteiger partial charge in [0, 0.05) is 115 Å². The summed E-state index contributed by atoms with van der Waals surface area (Å²) in [5.74, 6) is -0.678. The van der Waals surface area contributed by atoms with Crippen LogP contribution in [0.15, 0.2) is 113 Å². The molecule has 2 amide bonds. The van der Waals surface area contributed by atoms with E-state index >= 15 is 0 Å². The molecule has 0 atom stereocenters. The molecule has 7 rings (SSSR count). The summed E-state index contributed by atoms with van der Waals surface area (Å²) in [5.41, 5.74) is 11.8. The van der Waals surface area contributed by atoms with Crippen LogP contribution in [0, 0.1) is 11.6 Å². The number of aromatic nitrogens is 9. The number of nitrogens with two attached hydrogens (primary N) is 1. The number of amides is 2. The number of carbonyl (C=O) groups is 1. The minimum absolute atomic E-state index is 0.0163. The highest BCUT2D eigenvalue weighted by Crippen LogP contribution is 2.36. The van der Waals surface area contributed by atoms with E-state index in [0.717, 1.165) is 21.4 Å². The number of halogens is 2. The van der Waals surface area contributed by atoms with Crippen LogP contribution in [0.3, 0.4) is 0 Å². The highest BCUT2D eigenvalue weighted by Gasteiger charge is 2.26. The molecule has 5 aromatic heterocycles. The second kappa shape index (κ2) is 22.5. The smallest absolute Gasteiger partial charge is 0.388 e. The zero-order valence-corrected chi connectivity index (χ0v) is 43.2. The lowest BCUT2D eigenvalue weighted by Crippen LogP contribution is -2.51. The lowest BCUT2D eigenvalue weighted by molar-refractivity contribution is -0.613. The molecule has 0 bridgehead atoms. The molecular formula is C47H60F2N14O6S2. The molecule has 20 nitrogen and oxygen atoms in total. The van der Waals surface area contributed by atoms with Gasteiger partial charge < -0.3 is 21.1 Å². The second-order valence-corrected chi connectivity index (χ2v) is 20.9. The lowest BCUT2D eigenvalue weighted by Gasteiger charge is -2.18. The fourth-order valence-electron chi connectivity index (χ4n) is 6.78. The Morgan fingerprint density at radius 2 is 1.23 bits per heavy atom. The van der Waals surface area contributed by atoms with Crippen molar-refractivity contribution in [2.24, 2.45) is 18.5 Å². The predicted molar refractivity (Wildman–Crippen MR) is 265 cm³/mol. The van der Waals surface area contributed by atoms with Crippen molar-refractivity contribution in [3.63, 3.8) is 0 Å². The van der Waals surface area contributed by atoms with E-state index in [2.05, 4.69) is 30.1 Å². The first-order valence-corrected chi connectivity index (χ1v) is 25.1. The largest absolute Gasteiger partial charge is 0.806 e. The fraction of sp³-hybridized carbons (Fsp3) is 0.340. The van der Waals surface area contributed by atoms with Crippen LogP contribution in [0.2, 0.25) is 0 Å². The van der Waals surface area contributed by atoms with Crippen LogP contribution < -0.4 is 30.3 Å². The molecule has 71 heavy (non-hydrogen) atoms. The van der Waals surface area contributed by atoms with Crippen LogP contribution in [0.25, 0.3) is 22.3 Å². The number of anilines is 3. The molecule has 2 aromatic carbocycles. The number of aryl methyl sites for hydroxylation is 2. The van der Waals surface area contributed by atoms with Gasteiger partial charge in [-0.3, -0.25) is 18.7 Å². The van der Waals surface area contributed by atoms with E-state index in [0.29, 0.717) is 33.6 Å². The van der Waals surface area contributed by atoms with Crippen LogP contribution in [0.1, 0.15) is 90.4 Å². The number of benzene rings is 2. The Balaban J connectivity index is 0.000000207. The van der Waals surface area contributed by atoms with Gasteiger partial charge in [-0.1, -0.05) is 27.7 Å².